The number of benzene rings is 2. The average Bonchev–Trinajstić information content (AvgIpc) is 2.50. The normalized spacial score (nSPS) is 10.5. The van der Waals surface area contributed by atoms with Gasteiger partial charge in [-0.05, 0) is 23.9 Å². The van der Waals surface area contributed by atoms with Crippen molar-refractivity contribution in [3.05, 3.63) is 47.5 Å². The summed E-state index contributed by atoms with van der Waals surface area (Å²) in [5, 5.41) is 10.4. The minimum absolute atomic E-state index is 0.119. The largest absolute Gasteiger partial charge is 0.478 e. The maximum Gasteiger partial charge on any atom is 0.338 e. The molecule has 0 atom stereocenters. The topological polar surface area (TPSA) is 63.6 Å². The molecule has 0 bridgehead atoms. The number of unbranched alkanes of at least 4 members (excludes halogenated alkanes) is 2. The molecular formula is C17H18O4. The van der Waals surface area contributed by atoms with Gasteiger partial charge in [-0.2, -0.15) is 0 Å². The third-order valence-electron chi connectivity index (χ3n) is 3.34. The molecule has 0 saturated carbocycles. The summed E-state index contributed by atoms with van der Waals surface area (Å²) in [7, 11) is 0. The maximum absolute atomic E-state index is 12.2. The van der Waals surface area contributed by atoms with Crippen molar-refractivity contribution in [3.63, 3.8) is 0 Å². The quantitative estimate of drug-likeness (QED) is 0.646. The van der Waals surface area contributed by atoms with Crippen LogP contribution in [-0.2, 0) is 4.74 Å². The summed E-state index contributed by atoms with van der Waals surface area (Å²) in [5.41, 5.74) is 0.426. The molecule has 4 heteroatoms. The fourth-order valence-electron chi connectivity index (χ4n) is 2.28. The number of carboxylic acid groups (broad SMARTS) is 1. The summed E-state index contributed by atoms with van der Waals surface area (Å²) in [6.45, 7) is 2.43. The third kappa shape index (κ3) is 3.40. The summed E-state index contributed by atoms with van der Waals surface area (Å²) in [4.78, 5) is 23.5. The predicted octanol–water partition coefficient (Wildman–Crippen LogP) is 3.89. The number of hydrogen-bond donors (Lipinski definition) is 1. The molecule has 0 fully saturated rings. The number of carbonyl (C=O) groups is 2. The molecule has 0 aromatic heterocycles. The molecule has 110 valence electrons. The van der Waals surface area contributed by atoms with Crippen molar-refractivity contribution in [3.8, 4) is 0 Å². The van der Waals surface area contributed by atoms with Gasteiger partial charge in [0.1, 0.15) is 0 Å². The number of aromatic carboxylic acids is 1. The zero-order valence-electron chi connectivity index (χ0n) is 12.0. The Morgan fingerprint density at radius 1 is 1.05 bits per heavy atom. The number of hydrogen-bond acceptors (Lipinski definition) is 3. The average molecular weight is 286 g/mol. The van der Waals surface area contributed by atoms with Crippen molar-refractivity contribution >= 4 is 22.7 Å². The Balaban J connectivity index is 2.35. The summed E-state index contributed by atoms with van der Waals surface area (Å²) >= 11 is 0. The van der Waals surface area contributed by atoms with E-state index in [-0.39, 0.29) is 5.56 Å². The van der Waals surface area contributed by atoms with Crippen molar-refractivity contribution in [1.29, 1.82) is 0 Å². The Kier molecular flexibility index (Phi) is 4.93. The third-order valence-corrected chi connectivity index (χ3v) is 3.34. The number of carboxylic acids is 1. The van der Waals surface area contributed by atoms with Gasteiger partial charge in [-0.25, -0.2) is 9.59 Å². The van der Waals surface area contributed by atoms with Crippen molar-refractivity contribution in [2.75, 3.05) is 6.61 Å². The van der Waals surface area contributed by atoms with Crippen molar-refractivity contribution in [2.45, 2.75) is 26.2 Å². The lowest BCUT2D eigenvalue weighted by atomic mass is 9.99. The smallest absolute Gasteiger partial charge is 0.338 e. The van der Waals surface area contributed by atoms with E-state index in [1.54, 1.807) is 30.3 Å². The van der Waals surface area contributed by atoms with Crippen LogP contribution in [0.4, 0.5) is 0 Å². The predicted molar refractivity (Wildman–Crippen MR) is 80.7 cm³/mol. The monoisotopic (exact) mass is 286 g/mol. The molecule has 21 heavy (non-hydrogen) atoms. The van der Waals surface area contributed by atoms with Crippen LogP contribution in [0, 0.1) is 0 Å². The Labute approximate surface area is 123 Å². The molecule has 2 rings (SSSR count). The fraction of sp³-hybridized carbons (Fsp3) is 0.294. The number of carbonyl (C=O) groups excluding carboxylic acids is 1. The Morgan fingerprint density at radius 3 is 2.33 bits per heavy atom. The van der Waals surface area contributed by atoms with E-state index in [9.17, 15) is 14.7 Å². The van der Waals surface area contributed by atoms with Crippen LogP contribution >= 0.6 is 0 Å². The highest BCUT2D eigenvalue weighted by atomic mass is 16.5. The van der Waals surface area contributed by atoms with E-state index in [1.165, 1.54) is 6.07 Å². The summed E-state index contributed by atoms with van der Waals surface area (Å²) in [6, 6.07) is 10.1. The second-order valence-electron chi connectivity index (χ2n) is 4.86. The summed E-state index contributed by atoms with van der Waals surface area (Å²) in [5.74, 6) is -1.52. The molecule has 0 unspecified atom stereocenters. The molecule has 2 aromatic rings. The van der Waals surface area contributed by atoms with Crippen LogP contribution in [0.15, 0.2) is 36.4 Å². The Hall–Kier alpha value is -2.36. The molecule has 1 N–H and O–H groups in total. The first kappa shape index (κ1) is 15.0. The summed E-state index contributed by atoms with van der Waals surface area (Å²) < 4.78 is 5.24. The van der Waals surface area contributed by atoms with Gasteiger partial charge in [0.25, 0.3) is 0 Å². The zero-order chi connectivity index (χ0) is 15.2. The highest BCUT2D eigenvalue weighted by molar-refractivity contribution is 6.12. The lowest BCUT2D eigenvalue weighted by Crippen LogP contribution is -2.09. The van der Waals surface area contributed by atoms with Crippen LogP contribution in [0.5, 0.6) is 0 Å². The van der Waals surface area contributed by atoms with Crippen molar-refractivity contribution in [1.82, 2.24) is 0 Å². The standard InChI is InChI=1S/C17H18O4/c1-2-3-4-11-21-17(20)14-10-6-8-12-7-5-9-13(15(12)14)16(18)19/h5-10H,2-4,11H2,1H3,(H,18,19). The van der Waals surface area contributed by atoms with E-state index in [2.05, 4.69) is 6.92 Å². The molecule has 4 nitrogen and oxygen atoms in total. The van der Waals surface area contributed by atoms with Gasteiger partial charge in [0.05, 0.1) is 17.7 Å². The molecule has 0 saturated heterocycles. The van der Waals surface area contributed by atoms with Crippen LogP contribution in [0.2, 0.25) is 0 Å². The number of fused-ring (bicyclic) bond motifs is 1. The van der Waals surface area contributed by atoms with Crippen LogP contribution in [0.25, 0.3) is 10.8 Å². The minimum Gasteiger partial charge on any atom is -0.478 e. The maximum atomic E-state index is 12.2. The highest BCUT2D eigenvalue weighted by Gasteiger charge is 2.17. The zero-order valence-corrected chi connectivity index (χ0v) is 12.0. The first-order valence-electron chi connectivity index (χ1n) is 7.07. The van der Waals surface area contributed by atoms with E-state index in [0.29, 0.717) is 17.6 Å². The van der Waals surface area contributed by atoms with E-state index < -0.39 is 11.9 Å². The molecule has 2 aromatic carbocycles. The van der Waals surface area contributed by atoms with Gasteiger partial charge in [-0.15, -0.1) is 0 Å². The second kappa shape index (κ2) is 6.88. The molecule has 0 aliphatic rings. The van der Waals surface area contributed by atoms with Crippen molar-refractivity contribution in [2.24, 2.45) is 0 Å². The second-order valence-corrected chi connectivity index (χ2v) is 4.86. The van der Waals surface area contributed by atoms with E-state index >= 15 is 0 Å². The molecule has 0 spiro atoms. The minimum atomic E-state index is -1.05. The fourth-order valence-corrected chi connectivity index (χ4v) is 2.28. The SMILES string of the molecule is CCCCCOC(=O)c1cccc2cccc(C(=O)O)c12. The van der Waals surface area contributed by atoms with E-state index in [1.807, 2.05) is 0 Å². The van der Waals surface area contributed by atoms with Gasteiger partial charge in [-0.1, -0.05) is 44.0 Å². The first-order valence-corrected chi connectivity index (χ1v) is 7.07. The van der Waals surface area contributed by atoms with E-state index in [4.69, 9.17) is 4.74 Å². The lowest BCUT2D eigenvalue weighted by molar-refractivity contribution is 0.0500. The van der Waals surface area contributed by atoms with Gasteiger partial charge < -0.3 is 9.84 Å². The lowest BCUT2D eigenvalue weighted by Gasteiger charge is -2.09. The van der Waals surface area contributed by atoms with Crippen LogP contribution < -0.4 is 0 Å². The van der Waals surface area contributed by atoms with Crippen LogP contribution in [-0.4, -0.2) is 23.7 Å². The molecule has 0 aliphatic heterocycles. The molecule has 0 heterocycles. The van der Waals surface area contributed by atoms with Gasteiger partial charge >= 0.3 is 11.9 Å². The number of rotatable bonds is 6. The number of esters is 1. The highest BCUT2D eigenvalue weighted by Crippen LogP contribution is 2.24. The van der Waals surface area contributed by atoms with Gasteiger partial charge in [0.15, 0.2) is 0 Å². The molecule has 0 radical (unpaired) electrons. The molecule has 0 aliphatic carbocycles. The summed E-state index contributed by atoms with van der Waals surface area (Å²) in [6.07, 6.45) is 2.87. The van der Waals surface area contributed by atoms with E-state index in [0.717, 1.165) is 24.6 Å². The van der Waals surface area contributed by atoms with Gasteiger partial charge in [0, 0.05) is 5.39 Å². The van der Waals surface area contributed by atoms with Gasteiger partial charge in [0.2, 0.25) is 0 Å². The van der Waals surface area contributed by atoms with Crippen LogP contribution in [0.3, 0.4) is 0 Å². The van der Waals surface area contributed by atoms with Gasteiger partial charge in [-0.3, -0.25) is 0 Å². The molecule has 0 amide bonds. The Morgan fingerprint density at radius 2 is 1.71 bits per heavy atom. The van der Waals surface area contributed by atoms with Crippen LogP contribution in [0.1, 0.15) is 46.9 Å². The first-order chi connectivity index (χ1) is 10.1. The van der Waals surface area contributed by atoms with Crippen molar-refractivity contribution < 1.29 is 19.4 Å². The molecular weight excluding hydrogens is 268 g/mol. The Bertz CT molecular complexity index is 656. The number of ether oxygens (including phenoxy) is 1.